The van der Waals surface area contributed by atoms with E-state index in [2.05, 4.69) is 79.9 Å². The number of tetrazole rings is 1. The molecule has 1 fully saturated rings. The van der Waals surface area contributed by atoms with E-state index in [-0.39, 0.29) is 6.04 Å². The lowest BCUT2D eigenvalue weighted by Crippen LogP contribution is -2.48. The molecule has 0 saturated carbocycles. The molecule has 1 saturated heterocycles. The average Bonchev–Trinajstić information content (AvgIpc) is 3.33. The fourth-order valence-electron chi connectivity index (χ4n) is 4.54. The van der Waals surface area contributed by atoms with E-state index in [1.807, 2.05) is 35.0 Å². The highest BCUT2D eigenvalue weighted by molar-refractivity contribution is 5.46. The molecule has 4 aromatic rings. The molecule has 1 aromatic heterocycles. The smallest absolute Gasteiger partial charge is 0.173 e. The molecule has 7 heteroatoms. The molecule has 33 heavy (non-hydrogen) atoms. The third-order valence-corrected chi connectivity index (χ3v) is 6.21. The lowest BCUT2D eigenvalue weighted by atomic mass is 10.0. The first-order valence-electron chi connectivity index (χ1n) is 11.3. The van der Waals surface area contributed by atoms with Crippen molar-refractivity contribution in [1.29, 1.82) is 0 Å². The molecule has 0 bridgehead atoms. The minimum atomic E-state index is -0.0993. The summed E-state index contributed by atoms with van der Waals surface area (Å²) in [6.07, 6.45) is 0. The Morgan fingerprint density at radius 3 is 2.21 bits per heavy atom. The van der Waals surface area contributed by atoms with Crippen molar-refractivity contribution in [2.45, 2.75) is 12.6 Å². The highest BCUT2D eigenvalue weighted by Crippen LogP contribution is 2.34. The lowest BCUT2D eigenvalue weighted by molar-refractivity contribution is 0.198. The van der Waals surface area contributed by atoms with Crippen LogP contribution in [0.25, 0.3) is 0 Å². The Morgan fingerprint density at radius 2 is 1.48 bits per heavy atom. The highest BCUT2D eigenvalue weighted by Gasteiger charge is 2.32. The van der Waals surface area contributed by atoms with Gasteiger partial charge in [0.2, 0.25) is 0 Å². The van der Waals surface area contributed by atoms with E-state index in [9.17, 15) is 0 Å². The molecule has 0 N–H and O–H groups in total. The summed E-state index contributed by atoms with van der Waals surface area (Å²) in [4.78, 5) is 4.90. The summed E-state index contributed by atoms with van der Waals surface area (Å²) in [5.74, 6) is 1.68. The van der Waals surface area contributed by atoms with E-state index in [1.165, 1.54) is 11.3 Å². The molecule has 1 unspecified atom stereocenters. The Hall–Kier alpha value is -3.71. The van der Waals surface area contributed by atoms with Crippen LogP contribution in [0.1, 0.15) is 23.0 Å². The first-order chi connectivity index (χ1) is 16.3. The predicted molar refractivity (Wildman–Crippen MR) is 128 cm³/mol. The summed E-state index contributed by atoms with van der Waals surface area (Å²) < 4.78 is 7.66. The maximum absolute atomic E-state index is 5.75. The number of aromatic nitrogens is 4. The molecule has 2 heterocycles. The highest BCUT2D eigenvalue weighted by atomic mass is 16.5. The van der Waals surface area contributed by atoms with Crippen molar-refractivity contribution < 1.29 is 4.74 Å². The van der Waals surface area contributed by atoms with Crippen LogP contribution in [0.3, 0.4) is 0 Å². The topological polar surface area (TPSA) is 59.3 Å². The van der Waals surface area contributed by atoms with E-state index < -0.39 is 0 Å². The van der Waals surface area contributed by atoms with Gasteiger partial charge in [0.25, 0.3) is 0 Å². The molecule has 0 amide bonds. The van der Waals surface area contributed by atoms with Gasteiger partial charge in [-0.3, -0.25) is 4.90 Å². The number of rotatable bonds is 7. The van der Waals surface area contributed by atoms with Crippen molar-refractivity contribution in [3.63, 3.8) is 0 Å². The van der Waals surface area contributed by atoms with Crippen LogP contribution >= 0.6 is 0 Å². The van der Waals surface area contributed by atoms with Crippen LogP contribution in [0.4, 0.5) is 5.69 Å². The fraction of sp³-hybridized carbons (Fsp3) is 0.269. The maximum atomic E-state index is 5.75. The molecule has 3 aromatic carbocycles. The second kappa shape index (κ2) is 9.83. The third-order valence-electron chi connectivity index (χ3n) is 6.21. The normalized spacial score (nSPS) is 15.4. The molecule has 1 aliphatic rings. The Bertz CT molecular complexity index is 1160. The Labute approximate surface area is 194 Å². The summed E-state index contributed by atoms with van der Waals surface area (Å²) in [6, 6.07) is 29.0. The second-order valence-electron chi connectivity index (χ2n) is 8.18. The van der Waals surface area contributed by atoms with Crippen molar-refractivity contribution in [3.05, 3.63) is 102 Å². The van der Waals surface area contributed by atoms with Crippen molar-refractivity contribution in [2.75, 3.05) is 38.2 Å². The Kier molecular flexibility index (Phi) is 6.30. The van der Waals surface area contributed by atoms with E-state index in [4.69, 9.17) is 4.74 Å². The fourth-order valence-corrected chi connectivity index (χ4v) is 4.54. The molecule has 7 nitrogen and oxygen atoms in total. The molecular formula is C26H28N6O. The molecule has 1 atom stereocenters. The molecule has 0 radical (unpaired) electrons. The zero-order valence-electron chi connectivity index (χ0n) is 18.8. The summed E-state index contributed by atoms with van der Waals surface area (Å²) in [5, 5.41) is 12.9. The number of ether oxygens (including phenoxy) is 1. The van der Waals surface area contributed by atoms with E-state index in [0.717, 1.165) is 43.3 Å². The largest absolute Gasteiger partial charge is 0.496 e. The van der Waals surface area contributed by atoms with Crippen LogP contribution in [0, 0.1) is 0 Å². The predicted octanol–water partition coefficient (Wildman–Crippen LogP) is 3.64. The van der Waals surface area contributed by atoms with Crippen LogP contribution in [0.2, 0.25) is 0 Å². The number of piperazine rings is 1. The van der Waals surface area contributed by atoms with Crippen LogP contribution < -0.4 is 9.64 Å². The van der Waals surface area contributed by atoms with Gasteiger partial charge in [0, 0.05) is 37.4 Å². The number of para-hydroxylation sites is 2. The van der Waals surface area contributed by atoms with Crippen LogP contribution in [-0.4, -0.2) is 58.4 Å². The lowest BCUT2D eigenvalue weighted by Gasteiger charge is -2.40. The number of methoxy groups -OCH3 is 1. The molecule has 1 aliphatic heterocycles. The van der Waals surface area contributed by atoms with Gasteiger partial charge >= 0.3 is 0 Å². The third kappa shape index (κ3) is 4.59. The van der Waals surface area contributed by atoms with Crippen LogP contribution in [0.5, 0.6) is 5.75 Å². The van der Waals surface area contributed by atoms with Gasteiger partial charge in [0.1, 0.15) is 11.8 Å². The summed E-state index contributed by atoms with van der Waals surface area (Å²) in [6.45, 7) is 4.30. The van der Waals surface area contributed by atoms with Gasteiger partial charge in [-0.2, -0.15) is 0 Å². The van der Waals surface area contributed by atoms with Crippen molar-refractivity contribution in [3.8, 4) is 5.75 Å². The molecular weight excluding hydrogens is 412 g/mol. The van der Waals surface area contributed by atoms with Gasteiger partial charge in [-0.15, -0.1) is 5.10 Å². The van der Waals surface area contributed by atoms with E-state index in [0.29, 0.717) is 6.54 Å². The van der Waals surface area contributed by atoms with Crippen molar-refractivity contribution >= 4 is 5.69 Å². The minimum absolute atomic E-state index is 0.0993. The zero-order valence-corrected chi connectivity index (χ0v) is 18.8. The van der Waals surface area contributed by atoms with Gasteiger partial charge in [-0.25, -0.2) is 4.68 Å². The first-order valence-corrected chi connectivity index (χ1v) is 11.3. The number of anilines is 1. The Morgan fingerprint density at radius 1 is 0.818 bits per heavy atom. The van der Waals surface area contributed by atoms with Gasteiger partial charge in [-0.1, -0.05) is 66.7 Å². The minimum Gasteiger partial charge on any atom is -0.496 e. The molecule has 168 valence electrons. The van der Waals surface area contributed by atoms with Crippen LogP contribution in [0.15, 0.2) is 84.9 Å². The molecule has 5 rings (SSSR count). The van der Waals surface area contributed by atoms with Gasteiger partial charge in [-0.05, 0) is 34.2 Å². The quantitative estimate of drug-likeness (QED) is 0.437. The number of hydrogen-bond donors (Lipinski definition) is 0. The van der Waals surface area contributed by atoms with Gasteiger partial charge in [0.15, 0.2) is 5.82 Å². The SMILES string of the molecule is COc1ccccc1C(c1nnnn1Cc1ccccc1)N1CCN(c2ccccc2)CC1. The number of benzene rings is 3. The maximum Gasteiger partial charge on any atom is 0.173 e. The van der Waals surface area contributed by atoms with Crippen LogP contribution in [-0.2, 0) is 6.54 Å². The van der Waals surface area contributed by atoms with Crippen molar-refractivity contribution in [1.82, 2.24) is 25.1 Å². The standard InChI is InChI=1S/C26H28N6O/c1-33-24-15-9-8-14-23(24)25(26-27-28-29-32(26)20-21-10-4-2-5-11-21)31-18-16-30(17-19-31)22-12-6-3-7-13-22/h2-15,25H,16-20H2,1H3. The average molecular weight is 441 g/mol. The molecule has 0 aliphatic carbocycles. The number of nitrogens with zero attached hydrogens (tertiary/aromatic N) is 6. The monoisotopic (exact) mass is 440 g/mol. The summed E-state index contributed by atoms with van der Waals surface area (Å²) >= 11 is 0. The molecule has 0 spiro atoms. The second-order valence-corrected chi connectivity index (χ2v) is 8.18. The number of hydrogen-bond acceptors (Lipinski definition) is 6. The first kappa shape index (κ1) is 21.2. The van der Waals surface area contributed by atoms with E-state index >= 15 is 0 Å². The summed E-state index contributed by atoms with van der Waals surface area (Å²) in [5.41, 5.74) is 3.51. The van der Waals surface area contributed by atoms with Gasteiger partial charge in [0.05, 0.1) is 13.7 Å². The Balaban J connectivity index is 1.46. The summed E-state index contributed by atoms with van der Waals surface area (Å²) in [7, 11) is 1.72. The van der Waals surface area contributed by atoms with E-state index in [1.54, 1.807) is 7.11 Å². The van der Waals surface area contributed by atoms with Crippen molar-refractivity contribution in [2.24, 2.45) is 0 Å². The van der Waals surface area contributed by atoms with Gasteiger partial charge < -0.3 is 9.64 Å². The zero-order chi connectivity index (χ0) is 22.5.